The Bertz CT molecular complexity index is 528. The summed E-state index contributed by atoms with van der Waals surface area (Å²) >= 11 is 0. The van der Waals surface area contributed by atoms with Crippen LogP contribution in [-0.4, -0.2) is 27.9 Å². The van der Waals surface area contributed by atoms with Crippen LogP contribution in [-0.2, 0) is 11.3 Å². The molecule has 0 bridgehead atoms. The van der Waals surface area contributed by atoms with Crippen molar-refractivity contribution in [1.29, 1.82) is 0 Å². The number of aromatic nitrogens is 2. The molecule has 1 heterocycles. The second kappa shape index (κ2) is 5.39. The fourth-order valence-corrected chi connectivity index (χ4v) is 1.73. The average molecular weight is 254 g/mol. The first-order valence-electron chi connectivity index (χ1n) is 6.20. The van der Waals surface area contributed by atoms with Crippen LogP contribution in [0.5, 0.6) is 5.88 Å². The molecule has 2 N–H and O–H groups in total. The van der Waals surface area contributed by atoms with Gasteiger partial charge in [0.05, 0.1) is 5.56 Å². The summed E-state index contributed by atoms with van der Waals surface area (Å²) in [6, 6.07) is 0. The van der Waals surface area contributed by atoms with Gasteiger partial charge in [0, 0.05) is 19.8 Å². The van der Waals surface area contributed by atoms with E-state index in [-0.39, 0.29) is 11.4 Å². The lowest BCUT2D eigenvalue weighted by molar-refractivity contribution is 0.118. The Morgan fingerprint density at radius 3 is 2.83 bits per heavy atom. The maximum Gasteiger partial charge on any atom is 0.331 e. The fourth-order valence-electron chi connectivity index (χ4n) is 1.73. The Morgan fingerprint density at radius 1 is 1.44 bits per heavy atom. The highest BCUT2D eigenvalue weighted by molar-refractivity contribution is 5.20. The molecule has 1 aliphatic carbocycles. The molecule has 1 aromatic heterocycles. The number of hydrogen-bond acceptors (Lipinski definition) is 4. The van der Waals surface area contributed by atoms with Crippen LogP contribution in [0.3, 0.4) is 0 Å². The van der Waals surface area contributed by atoms with Gasteiger partial charge in [0.25, 0.3) is 5.56 Å². The smallest absolute Gasteiger partial charge is 0.331 e. The van der Waals surface area contributed by atoms with Crippen molar-refractivity contribution in [3.05, 3.63) is 26.4 Å². The summed E-state index contributed by atoms with van der Waals surface area (Å²) in [4.78, 5) is 24.9. The van der Waals surface area contributed by atoms with E-state index in [0.717, 1.165) is 17.1 Å². The zero-order valence-corrected chi connectivity index (χ0v) is 10.4. The van der Waals surface area contributed by atoms with Crippen molar-refractivity contribution in [3.63, 3.8) is 0 Å². The summed E-state index contributed by atoms with van der Waals surface area (Å²) < 4.78 is 6.61. The molecule has 100 valence electrons. The van der Waals surface area contributed by atoms with Crippen LogP contribution in [0.25, 0.3) is 0 Å². The summed E-state index contributed by atoms with van der Waals surface area (Å²) in [6.07, 6.45) is 3.13. The molecule has 0 amide bonds. The van der Waals surface area contributed by atoms with Crippen LogP contribution in [0.15, 0.2) is 9.59 Å². The van der Waals surface area contributed by atoms with Gasteiger partial charge >= 0.3 is 5.69 Å². The fraction of sp³-hybridized carbons (Fsp3) is 0.667. The third-order valence-corrected chi connectivity index (χ3v) is 3.12. The first kappa shape index (κ1) is 12.9. The van der Waals surface area contributed by atoms with E-state index in [1.165, 1.54) is 19.8 Å². The molecule has 0 aromatic carbocycles. The monoisotopic (exact) mass is 254 g/mol. The van der Waals surface area contributed by atoms with Crippen LogP contribution in [0.4, 0.5) is 0 Å². The van der Waals surface area contributed by atoms with Gasteiger partial charge in [-0.05, 0) is 32.1 Å². The number of rotatable bonds is 6. The van der Waals surface area contributed by atoms with E-state index in [0.29, 0.717) is 19.6 Å². The minimum absolute atomic E-state index is 0.161. The second-order valence-electron chi connectivity index (χ2n) is 4.73. The molecule has 18 heavy (non-hydrogen) atoms. The van der Waals surface area contributed by atoms with Crippen molar-refractivity contribution in [2.75, 3.05) is 13.2 Å². The predicted molar refractivity (Wildman–Crippen MR) is 65.9 cm³/mol. The summed E-state index contributed by atoms with van der Waals surface area (Å²) in [6.45, 7) is 3.16. The molecule has 2 rings (SSSR count). The Hall–Kier alpha value is -1.56. The van der Waals surface area contributed by atoms with Crippen molar-refractivity contribution in [2.45, 2.75) is 32.7 Å². The normalized spacial score (nSPS) is 14.9. The highest BCUT2D eigenvalue weighted by atomic mass is 16.5. The molecule has 1 aliphatic rings. The molecule has 6 heteroatoms. The van der Waals surface area contributed by atoms with E-state index in [9.17, 15) is 14.7 Å². The third kappa shape index (κ3) is 3.01. The maximum absolute atomic E-state index is 11.5. The van der Waals surface area contributed by atoms with Gasteiger partial charge in [0.1, 0.15) is 0 Å². The molecule has 1 aromatic rings. The van der Waals surface area contributed by atoms with E-state index in [1.807, 2.05) is 0 Å². The number of ether oxygens (including phenoxy) is 1. The molecule has 0 saturated heterocycles. The van der Waals surface area contributed by atoms with Crippen LogP contribution >= 0.6 is 0 Å². The van der Waals surface area contributed by atoms with E-state index in [1.54, 1.807) is 0 Å². The molecule has 6 nitrogen and oxygen atoms in total. The molecule has 0 spiro atoms. The molecule has 1 fully saturated rings. The molecule has 1 saturated carbocycles. The predicted octanol–water partition coefficient (Wildman–Crippen LogP) is 0.367. The first-order valence-corrected chi connectivity index (χ1v) is 6.20. The number of nitrogens with one attached hydrogen (secondary N) is 1. The van der Waals surface area contributed by atoms with Crippen LogP contribution in [0.2, 0.25) is 0 Å². The maximum atomic E-state index is 11.5. The Balaban J connectivity index is 1.90. The Labute approximate surface area is 104 Å². The highest BCUT2D eigenvalue weighted by Crippen LogP contribution is 2.28. The van der Waals surface area contributed by atoms with E-state index >= 15 is 0 Å². The lowest BCUT2D eigenvalue weighted by Crippen LogP contribution is -2.31. The lowest BCUT2D eigenvalue weighted by atomic mass is 10.3. The van der Waals surface area contributed by atoms with Crippen LogP contribution in [0.1, 0.15) is 24.8 Å². The SMILES string of the molecule is Cc1c(O)n(CCCOCC2CC2)c(=O)[nH]c1=O. The minimum atomic E-state index is -0.578. The van der Waals surface area contributed by atoms with Gasteiger partial charge < -0.3 is 9.84 Å². The van der Waals surface area contributed by atoms with Gasteiger partial charge in [-0.25, -0.2) is 4.79 Å². The van der Waals surface area contributed by atoms with E-state index < -0.39 is 11.2 Å². The molecular weight excluding hydrogens is 236 g/mol. The lowest BCUT2D eigenvalue weighted by Gasteiger charge is -2.09. The summed E-state index contributed by atoms with van der Waals surface area (Å²) in [7, 11) is 0. The largest absolute Gasteiger partial charge is 0.494 e. The summed E-state index contributed by atoms with van der Waals surface area (Å²) in [5.74, 6) is 0.461. The number of H-pyrrole nitrogens is 1. The first-order chi connectivity index (χ1) is 8.59. The third-order valence-electron chi connectivity index (χ3n) is 3.12. The van der Waals surface area contributed by atoms with Crippen molar-refractivity contribution >= 4 is 0 Å². The van der Waals surface area contributed by atoms with Gasteiger partial charge in [-0.15, -0.1) is 0 Å². The zero-order valence-electron chi connectivity index (χ0n) is 10.4. The summed E-state index contributed by atoms with van der Waals surface area (Å²) in [5, 5.41) is 9.72. The van der Waals surface area contributed by atoms with Gasteiger partial charge in [-0.3, -0.25) is 14.3 Å². The molecule has 0 atom stereocenters. The number of nitrogens with zero attached hydrogens (tertiary/aromatic N) is 1. The summed E-state index contributed by atoms with van der Waals surface area (Å²) in [5.41, 5.74) is -0.961. The number of aromatic hydroxyl groups is 1. The standard InChI is InChI=1S/C12H18N2O4/c1-8-10(15)13-12(17)14(11(8)16)5-2-6-18-7-9-3-4-9/h9,16H,2-7H2,1H3,(H,13,15,17). The van der Waals surface area contributed by atoms with Gasteiger partial charge in [0.15, 0.2) is 0 Å². The molecule has 0 unspecified atom stereocenters. The Kier molecular flexibility index (Phi) is 3.86. The van der Waals surface area contributed by atoms with Crippen molar-refractivity contribution in [3.8, 4) is 5.88 Å². The van der Waals surface area contributed by atoms with Crippen molar-refractivity contribution in [2.24, 2.45) is 5.92 Å². The highest BCUT2D eigenvalue weighted by Gasteiger charge is 2.20. The topological polar surface area (TPSA) is 84.3 Å². The van der Waals surface area contributed by atoms with E-state index in [4.69, 9.17) is 4.74 Å². The average Bonchev–Trinajstić information content (AvgIpc) is 3.14. The minimum Gasteiger partial charge on any atom is -0.494 e. The quantitative estimate of drug-likeness (QED) is 0.718. The van der Waals surface area contributed by atoms with Gasteiger partial charge in [0.2, 0.25) is 5.88 Å². The zero-order chi connectivity index (χ0) is 13.1. The molecular formula is C12H18N2O4. The number of aromatic amines is 1. The molecule has 0 aliphatic heterocycles. The van der Waals surface area contributed by atoms with Gasteiger partial charge in [-0.1, -0.05) is 0 Å². The van der Waals surface area contributed by atoms with Crippen molar-refractivity contribution < 1.29 is 9.84 Å². The second-order valence-corrected chi connectivity index (χ2v) is 4.73. The van der Waals surface area contributed by atoms with E-state index in [2.05, 4.69) is 4.98 Å². The van der Waals surface area contributed by atoms with Gasteiger partial charge in [-0.2, -0.15) is 0 Å². The Morgan fingerprint density at radius 2 is 2.17 bits per heavy atom. The number of hydrogen-bond donors (Lipinski definition) is 2. The molecule has 0 radical (unpaired) electrons. The van der Waals surface area contributed by atoms with Crippen molar-refractivity contribution in [1.82, 2.24) is 9.55 Å². The van der Waals surface area contributed by atoms with Crippen LogP contribution < -0.4 is 11.2 Å². The van der Waals surface area contributed by atoms with Crippen LogP contribution in [0, 0.1) is 12.8 Å².